The lowest BCUT2D eigenvalue weighted by Crippen LogP contribution is -2.44. The summed E-state index contributed by atoms with van der Waals surface area (Å²) in [6.45, 7) is 8.06. The molecule has 1 unspecified atom stereocenters. The lowest BCUT2D eigenvalue weighted by atomic mass is 10.1. The quantitative estimate of drug-likeness (QED) is 0.242. The number of rotatable bonds is 7. The number of aromatic nitrogens is 7. The van der Waals surface area contributed by atoms with Gasteiger partial charge in [0.05, 0.1) is 40.9 Å². The molecular weight excluding hydrogens is 480 g/mol. The number of aliphatic hydroxyl groups excluding tert-OH is 1. The summed E-state index contributed by atoms with van der Waals surface area (Å²) in [6, 6.07) is 4.01. The van der Waals surface area contributed by atoms with Gasteiger partial charge in [-0.3, -0.25) is 15.1 Å². The predicted octanol–water partition coefficient (Wildman–Crippen LogP) is 3.49. The van der Waals surface area contributed by atoms with Crippen molar-refractivity contribution in [3.63, 3.8) is 0 Å². The molecule has 1 aliphatic rings. The van der Waals surface area contributed by atoms with Crippen LogP contribution in [0.5, 0.6) is 0 Å². The van der Waals surface area contributed by atoms with Gasteiger partial charge in [-0.1, -0.05) is 13.8 Å². The third-order valence-corrected chi connectivity index (χ3v) is 6.96. The molecular formula is C27H32N10O. The second kappa shape index (κ2) is 9.99. The Kier molecular flexibility index (Phi) is 6.38. The van der Waals surface area contributed by atoms with Gasteiger partial charge in [0.1, 0.15) is 17.4 Å². The fraction of sp³-hybridized carbons (Fsp3) is 0.370. The van der Waals surface area contributed by atoms with Gasteiger partial charge in [-0.05, 0) is 31.5 Å². The third-order valence-electron chi connectivity index (χ3n) is 6.96. The normalized spacial score (nSPS) is 15.6. The van der Waals surface area contributed by atoms with Gasteiger partial charge >= 0.3 is 0 Å². The highest BCUT2D eigenvalue weighted by Crippen LogP contribution is 2.32. The van der Waals surface area contributed by atoms with E-state index in [2.05, 4.69) is 66.1 Å². The average Bonchev–Trinajstić information content (AvgIpc) is 3.52. The lowest BCUT2D eigenvalue weighted by molar-refractivity contribution is 0.176. The van der Waals surface area contributed by atoms with Crippen LogP contribution in [0, 0.1) is 5.92 Å². The maximum Gasteiger partial charge on any atom is 0.181 e. The minimum atomic E-state index is -0.633. The molecule has 0 amide bonds. The summed E-state index contributed by atoms with van der Waals surface area (Å²) in [5.74, 6) is 1.07. The first-order chi connectivity index (χ1) is 18.4. The first-order valence-corrected chi connectivity index (χ1v) is 13.0. The molecule has 5 aromatic rings. The van der Waals surface area contributed by atoms with E-state index in [-0.39, 0.29) is 0 Å². The zero-order valence-electron chi connectivity index (χ0n) is 21.8. The molecule has 5 aromatic heterocycles. The van der Waals surface area contributed by atoms with Crippen molar-refractivity contribution in [1.29, 1.82) is 0 Å². The molecule has 6 rings (SSSR count). The van der Waals surface area contributed by atoms with E-state index in [1.165, 1.54) is 0 Å². The number of H-pyrrole nitrogens is 2. The number of likely N-dealkylation sites (N-methyl/N-ethyl adjacent to an activating group) is 1. The van der Waals surface area contributed by atoms with Crippen LogP contribution in [0.15, 0.2) is 43.1 Å². The summed E-state index contributed by atoms with van der Waals surface area (Å²) in [5, 5.41) is 21.8. The average molecular weight is 513 g/mol. The van der Waals surface area contributed by atoms with Gasteiger partial charge in [-0.2, -0.15) is 5.10 Å². The number of aromatic amines is 2. The van der Waals surface area contributed by atoms with E-state index in [4.69, 9.17) is 4.98 Å². The molecule has 0 saturated carbocycles. The number of fused-ring (bicyclic) bond motifs is 2. The van der Waals surface area contributed by atoms with Crippen LogP contribution in [0.25, 0.3) is 44.7 Å². The maximum atomic E-state index is 10.3. The van der Waals surface area contributed by atoms with Crippen LogP contribution >= 0.6 is 0 Å². The molecule has 38 heavy (non-hydrogen) atoms. The number of anilines is 2. The monoisotopic (exact) mass is 512 g/mol. The molecule has 6 heterocycles. The molecule has 0 radical (unpaired) electrons. The smallest absolute Gasteiger partial charge is 0.181 e. The van der Waals surface area contributed by atoms with Crippen LogP contribution in [0.1, 0.15) is 20.3 Å². The van der Waals surface area contributed by atoms with Crippen LogP contribution in [0.3, 0.4) is 0 Å². The Labute approximate surface area is 220 Å². The Morgan fingerprint density at radius 2 is 1.79 bits per heavy atom. The minimum Gasteiger partial charge on any atom is -0.374 e. The summed E-state index contributed by atoms with van der Waals surface area (Å²) in [7, 11) is 2.15. The van der Waals surface area contributed by atoms with Gasteiger partial charge < -0.3 is 25.2 Å². The van der Waals surface area contributed by atoms with E-state index < -0.39 is 6.23 Å². The molecule has 11 nitrogen and oxygen atoms in total. The van der Waals surface area contributed by atoms with E-state index in [9.17, 15) is 5.11 Å². The molecule has 1 saturated heterocycles. The summed E-state index contributed by atoms with van der Waals surface area (Å²) in [4.78, 5) is 26.5. The van der Waals surface area contributed by atoms with Gasteiger partial charge in [0.2, 0.25) is 0 Å². The SMILES string of the molecule is CC(C)CC(O)Nc1cncc(-c2cnc3n[nH]c(-c4nc5c(N6CCN(C)CC6)cncc5[nH]4)c3c2)c1. The zero-order valence-corrected chi connectivity index (χ0v) is 21.8. The molecule has 1 aliphatic heterocycles. The summed E-state index contributed by atoms with van der Waals surface area (Å²) < 4.78 is 0. The Balaban J connectivity index is 1.33. The van der Waals surface area contributed by atoms with Crippen LogP contribution in [-0.4, -0.2) is 84.6 Å². The van der Waals surface area contributed by atoms with Crippen LogP contribution in [-0.2, 0) is 0 Å². The summed E-state index contributed by atoms with van der Waals surface area (Å²) in [5.41, 5.74) is 6.73. The number of nitrogens with one attached hydrogen (secondary N) is 3. The Morgan fingerprint density at radius 3 is 2.61 bits per heavy atom. The number of aliphatic hydroxyl groups is 1. The lowest BCUT2D eigenvalue weighted by Gasteiger charge is -2.33. The number of hydrogen-bond acceptors (Lipinski definition) is 9. The Morgan fingerprint density at radius 1 is 1.00 bits per heavy atom. The van der Waals surface area contributed by atoms with Crippen molar-refractivity contribution in [3.05, 3.63) is 43.1 Å². The highest BCUT2D eigenvalue weighted by molar-refractivity contribution is 5.95. The topological polar surface area (TPSA) is 135 Å². The second-order valence-electron chi connectivity index (χ2n) is 10.4. The fourth-order valence-corrected chi connectivity index (χ4v) is 4.93. The highest BCUT2D eigenvalue weighted by Gasteiger charge is 2.20. The van der Waals surface area contributed by atoms with Gasteiger partial charge in [-0.25, -0.2) is 9.97 Å². The van der Waals surface area contributed by atoms with Crippen molar-refractivity contribution in [2.24, 2.45) is 5.92 Å². The van der Waals surface area contributed by atoms with E-state index in [1.54, 1.807) is 18.6 Å². The molecule has 0 bridgehead atoms. The molecule has 196 valence electrons. The minimum absolute atomic E-state index is 0.381. The number of nitrogens with zero attached hydrogens (tertiary/aromatic N) is 7. The van der Waals surface area contributed by atoms with Crippen molar-refractivity contribution in [3.8, 4) is 22.6 Å². The van der Waals surface area contributed by atoms with Crippen molar-refractivity contribution in [2.45, 2.75) is 26.5 Å². The molecule has 11 heteroatoms. The standard InChI is InChI=1S/C27H32N10O/c1-16(2)8-23(38)31-19-9-17(11-28-13-19)18-10-20-24(34-35-26(20)30-12-18)27-32-21-14-29-15-22(25(21)33-27)37-6-4-36(3)5-7-37/h9-16,23,31,38H,4-8H2,1-3H3,(H,32,33)(H,30,34,35). The van der Waals surface area contributed by atoms with Crippen molar-refractivity contribution >= 4 is 33.4 Å². The van der Waals surface area contributed by atoms with E-state index in [0.29, 0.717) is 23.8 Å². The highest BCUT2D eigenvalue weighted by atomic mass is 16.3. The van der Waals surface area contributed by atoms with E-state index >= 15 is 0 Å². The van der Waals surface area contributed by atoms with Crippen LogP contribution < -0.4 is 10.2 Å². The van der Waals surface area contributed by atoms with Crippen molar-refractivity contribution in [1.82, 2.24) is 40.0 Å². The van der Waals surface area contributed by atoms with Gasteiger partial charge in [0, 0.05) is 49.7 Å². The number of imidazole rings is 1. The van der Waals surface area contributed by atoms with Crippen molar-refractivity contribution in [2.75, 3.05) is 43.4 Å². The van der Waals surface area contributed by atoms with E-state index in [0.717, 1.165) is 70.8 Å². The predicted molar refractivity (Wildman–Crippen MR) is 149 cm³/mol. The van der Waals surface area contributed by atoms with Gasteiger partial charge in [0.15, 0.2) is 11.5 Å². The Bertz CT molecular complexity index is 1570. The second-order valence-corrected chi connectivity index (χ2v) is 10.4. The Hall–Kier alpha value is -4.09. The third kappa shape index (κ3) is 4.77. The molecule has 0 aromatic carbocycles. The first-order valence-electron chi connectivity index (χ1n) is 13.0. The molecule has 0 aliphatic carbocycles. The molecule has 4 N–H and O–H groups in total. The zero-order chi connectivity index (χ0) is 26.2. The fourth-order valence-electron chi connectivity index (χ4n) is 4.93. The number of pyridine rings is 3. The molecule has 1 fully saturated rings. The number of piperazine rings is 1. The summed E-state index contributed by atoms with van der Waals surface area (Å²) >= 11 is 0. The van der Waals surface area contributed by atoms with Gasteiger partial charge in [0.25, 0.3) is 0 Å². The van der Waals surface area contributed by atoms with E-state index in [1.807, 2.05) is 24.5 Å². The largest absolute Gasteiger partial charge is 0.374 e. The van der Waals surface area contributed by atoms with Crippen LogP contribution in [0.2, 0.25) is 0 Å². The molecule has 0 spiro atoms. The van der Waals surface area contributed by atoms with Crippen molar-refractivity contribution < 1.29 is 5.11 Å². The molecule has 1 atom stereocenters. The van der Waals surface area contributed by atoms with Gasteiger partial charge in [-0.15, -0.1) is 0 Å². The first kappa shape index (κ1) is 24.3. The summed E-state index contributed by atoms with van der Waals surface area (Å²) in [6.07, 6.45) is 9.01. The number of hydrogen-bond donors (Lipinski definition) is 4. The maximum absolute atomic E-state index is 10.3. The van der Waals surface area contributed by atoms with Crippen LogP contribution in [0.4, 0.5) is 11.4 Å².